The van der Waals surface area contributed by atoms with Gasteiger partial charge < -0.3 is 26.0 Å². The molecule has 0 radical (unpaired) electrons. The van der Waals surface area contributed by atoms with E-state index in [1.165, 1.54) is 0 Å². The second-order valence-electron chi connectivity index (χ2n) is 9.68. The summed E-state index contributed by atoms with van der Waals surface area (Å²) in [5, 5.41) is 21.9. The van der Waals surface area contributed by atoms with Crippen molar-refractivity contribution in [1.82, 2.24) is 5.32 Å². The van der Waals surface area contributed by atoms with Crippen LogP contribution in [0.3, 0.4) is 0 Å². The molecule has 0 heterocycles. The van der Waals surface area contributed by atoms with Gasteiger partial charge in [0.2, 0.25) is 0 Å². The predicted molar refractivity (Wildman–Crippen MR) is 119 cm³/mol. The van der Waals surface area contributed by atoms with Crippen molar-refractivity contribution in [2.75, 3.05) is 26.4 Å². The quantitative estimate of drug-likeness (QED) is 0.265. The summed E-state index contributed by atoms with van der Waals surface area (Å²) in [5.41, 5.74) is 6.62. The van der Waals surface area contributed by atoms with Gasteiger partial charge in [-0.3, -0.25) is 4.79 Å². The lowest BCUT2D eigenvalue weighted by atomic mass is 9.59. The smallest absolute Gasteiger partial charge is 0.303 e. The Labute approximate surface area is 178 Å². The van der Waals surface area contributed by atoms with E-state index in [0.717, 1.165) is 38.6 Å². The Hall–Kier alpha value is -1.27. The fraction of sp³-hybridized carbons (Fsp3) is 0.870. The third-order valence-electron chi connectivity index (χ3n) is 6.79. The number of aliphatic hydroxyl groups excluding tert-OH is 1. The first-order valence-electron chi connectivity index (χ1n) is 11.0. The molecule has 0 aliphatic heterocycles. The normalized spacial score (nSPS) is 15.2. The van der Waals surface area contributed by atoms with Gasteiger partial charge in [-0.05, 0) is 36.5 Å². The molecule has 0 saturated heterocycles. The van der Waals surface area contributed by atoms with Gasteiger partial charge in [-0.2, -0.15) is 0 Å². The number of carboxylic acid groups (broad SMARTS) is 1. The number of hydrogen-bond donors (Lipinski definition) is 4. The van der Waals surface area contributed by atoms with Crippen LogP contribution in [0.25, 0.3) is 0 Å². The number of unbranched alkanes of at least 4 members (excludes halogenated alkanes) is 2. The lowest BCUT2D eigenvalue weighted by molar-refractivity contribution is -0.137. The number of carbonyl (C=O) groups is 1. The zero-order valence-corrected chi connectivity index (χ0v) is 19.6. The molecular formula is C23H46N2O4. The fourth-order valence-corrected chi connectivity index (χ4v) is 3.46. The van der Waals surface area contributed by atoms with Crippen molar-refractivity contribution in [3.63, 3.8) is 0 Å². The largest absolute Gasteiger partial charge is 0.481 e. The molecule has 0 bridgehead atoms. The average Bonchev–Trinajstić information content (AvgIpc) is 2.65. The third kappa shape index (κ3) is 10.4. The minimum Gasteiger partial charge on any atom is -0.481 e. The maximum absolute atomic E-state index is 10.5. The van der Waals surface area contributed by atoms with Crippen molar-refractivity contribution in [3.05, 3.63) is 11.9 Å². The number of rotatable bonds is 17. The molecule has 0 aliphatic rings. The van der Waals surface area contributed by atoms with E-state index in [1.54, 1.807) is 6.20 Å². The van der Waals surface area contributed by atoms with Gasteiger partial charge in [0.25, 0.3) is 0 Å². The van der Waals surface area contributed by atoms with Crippen LogP contribution in [-0.4, -0.2) is 42.5 Å². The molecular weight excluding hydrogens is 368 g/mol. The van der Waals surface area contributed by atoms with Crippen molar-refractivity contribution < 1.29 is 19.7 Å². The summed E-state index contributed by atoms with van der Waals surface area (Å²) in [5.74, 6) is -0.744. The maximum Gasteiger partial charge on any atom is 0.303 e. The first kappa shape index (κ1) is 27.7. The lowest BCUT2D eigenvalue weighted by Gasteiger charge is -2.47. The summed E-state index contributed by atoms with van der Waals surface area (Å²) >= 11 is 0. The molecule has 0 rings (SSSR count). The Morgan fingerprint density at radius 2 is 1.72 bits per heavy atom. The SMILES string of the molecule is CCC(CO)(COC/C(N)=C/NCCCCCC(=O)O)CC(C)(C)C(C)(C)CC. The number of nitrogens with one attached hydrogen (secondary N) is 1. The Bertz CT molecular complexity index is 497. The van der Waals surface area contributed by atoms with Crippen LogP contribution in [-0.2, 0) is 9.53 Å². The van der Waals surface area contributed by atoms with E-state index in [9.17, 15) is 9.90 Å². The molecule has 1 atom stereocenters. The second kappa shape index (κ2) is 13.1. The van der Waals surface area contributed by atoms with Crippen molar-refractivity contribution in [1.29, 1.82) is 0 Å². The minimum absolute atomic E-state index is 0.0768. The summed E-state index contributed by atoms with van der Waals surface area (Å²) in [6, 6.07) is 0. The summed E-state index contributed by atoms with van der Waals surface area (Å²) in [6.07, 6.45) is 7.30. The Morgan fingerprint density at radius 1 is 1.07 bits per heavy atom. The number of aliphatic carboxylic acids is 1. The molecule has 0 aromatic carbocycles. The van der Waals surface area contributed by atoms with E-state index in [-0.39, 0.29) is 29.3 Å². The highest BCUT2D eigenvalue weighted by atomic mass is 16.5. The van der Waals surface area contributed by atoms with E-state index < -0.39 is 5.97 Å². The van der Waals surface area contributed by atoms with Crippen LogP contribution in [0.4, 0.5) is 0 Å². The lowest BCUT2D eigenvalue weighted by Crippen LogP contribution is -2.42. The zero-order chi connectivity index (χ0) is 22.6. The Kier molecular flexibility index (Phi) is 12.5. The van der Waals surface area contributed by atoms with Gasteiger partial charge in [-0.25, -0.2) is 0 Å². The monoisotopic (exact) mass is 414 g/mol. The first-order chi connectivity index (χ1) is 13.4. The van der Waals surface area contributed by atoms with E-state index in [0.29, 0.717) is 25.3 Å². The summed E-state index contributed by atoms with van der Waals surface area (Å²) in [6.45, 7) is 15.1. The molecule has 0 fully saturated rings. The molecule has 29 heavy (non-hydrogen) atoms. The molecule has 0 aromatic heterocycles. The fourth-order valence-electron chi connectivity index (χ4n) is 3.46. The van der Waals surface area contributed by atoms with Crippen molar-refractivity contribution in [3.8, 4) is 0 Å². The Morgan fingerprint density at radius 3 is 2.24 bits per heavy atom. The van der Waals surface area contributed by atoms with Crippen LogP contribution < -0.4 is 11.1 Å². The predicted octanol–water partition coefficient (Wildman–Crippen LogP) is 4.28. The number of nitrogens with two attached hydrogens (primary N) is 1. The third-order valence-corrected chi connectivity index (χ3v) is 6.79. The van der Waals surface area contributed by atoms with Gasteiger partial charge in [-0.15, -0.1) is 0 Å². The van der Waals surface area contributed by atoms with Crippen molar-refractivity contribution in [2.45, 2.75) is 86.5 Å². The number of hydrogen-bond acceptors (Lipinski definition) is 5. The van der Waals surface area contributed by atoms with Crippen LogP contribution in [0.5, 0.6) is 0 Å². The highest BCUT2D eigenvalue weighted by Gasteiger charge is 2.42. The van der Waals surface area contributed by atoms with Crippen LogP contribution in [0.1, 0.15) is 86.5 Å². The van der Waals surface area contributed by atoms with E-state index >= 15 is 0 Å². The van der Waals surface area contributed by atoms with Gasteiger partial charge >= 0.3 is 5.97 Å². The molecule has 6 nitrogen and oxygen atoms in total. The van der Waals surface area contributed by atoms with Crippen LogP contribution >= 0.6 is 0 Å². The first-order valence-corrected chi connectivity index (χ1v) is 11.0. The zero-order valence-electron chi connectivity index (χ0n) is 19.6. The van der Waals surface area contributed by atoms with Gasteiger partial charge in [0.15, 0.2) is 0 Å². The van der Waals surface area contributed by atoms with Crippen LogP contribution in [0, 0.1) is 16.2 Å². The minimum atomic E-state index is -0.744. The average molecular weight is 415 g/mol. The Balaban J connectivity index is 4.47. The summed E-state index contributed by atoms with van der Waals surface area (Å²) in [4.78, 5) is 10.5. The van der Waals surface area contributed by atoms with Crippen molar-refractivity contribution >= 4 is 5.97 Å². The van der Waals surface area contributed by atoms with Gasteiger partial charge in [0.1, 0.15) is 0 Å². The molecule has 0 aliphatic carbocycles. The topological polar surface area (TPSA) is 105 Å². The molecule has 172 valence electrons. The number of aliphatic hydroxyl groups is 1. The molecule has 0 spiro atoms. The van der Waals surface area contributed by atoms with Gasteiger partial charge in [0, 0.05) is 24.6 Å². The number of ether oxygens (including phenoxy) is 1. The van der Waals surface area contributed by atoms with E-state index in [2.05, 4.69) is 46.9 Å². The van der Waals surface area contributed by atoms with Crippen molar-refractivity contribution in [2.24, 2.45) is 22.0 Å². The number of carboxylic acids is 1. The summed E-state index contributed by atoms with van der Waals surface area (Å²) < 4.78 is 5.90. The standard InChI is InChI=1S/C23H46N2O4/c1-7-21(3,4)22(5,6)16-23(8-2,17-26)18-29-15-19(24)14-25-13-11-9-10-12-20(27)28/h14,25-26H,7-13,15-18,24H2,1-6H3,(H,27,28)/b19-14-. The molecule has 0 saturated carbocycles. The van der Waals surface area contributed by atoms with Gasteiger partial charge in [0.05, 0.1) is 25.5 Å². The van der Waals surface area contributed by atoms with Crippen LogP contribution in [0.2, 0.25) is 0 Å². The van der Waals surface area contributed by atoms with E-state index in [1.807, 2.05) is 0 Å². The van der Waals surface area contributed by atoms with E-state index in [4.69, 9.17) is 15.6 Å². The highest BCUT2D eigenvalue weighted by Crippen LogP contribution is 2.49. The van der Waals surface area contributed by atoms with Gasteiger partial charge in [-0.1, -0.05) is 54.4 Å². The molecule has 6 heteroatoms. The molecule has 0 aromatic rings. The highest BCUT2D eigenvalue weighted by molar-refractivity contribution is 5.66. The maximum atomic E-state index is 10.5. The van der Waals surface area contributed by atoms with Crippen LogP contribution in [0.15, 0.2) is 11.9 Å². The molecule has 5 N–H and O–H groups in total. The summed E-state index contributed by atoms with van der Waals surface area (Å²) in [7, 11) is 0. The molecule has 1 unspecified atom stereocenters. The molecule has 0 amide bonds. The second-order valence-corrected chi connectivity index (χ2v) is 9.68.